The number of fused-ring (bicyclic) bond motifs is 4. The molecular formula is C35H44N4O3. The van der Waals surface area contributed by atoms with Crippen molar-refractivity contribution in [3.63, 3.8) is 0 Å². The molecule has 0 spiro atoms. The van der Waals surface area contributed by atoms with E-state index in [1.54, 1.807) is 6.07 Å². The maximum absolute atomic E-state index is 14.2. The SMILES string of the molecule is CCN(C)Cc1c(C(=O)N(CC)CC)n2c3c(cccc13)-c1c(C3CCCCC3)c3ccc(C(=O)O)cc3n1CCC2. The van der Waals surface area contributed by atoms with Crippen LogP contribution < -0.4 is 0 Å². The Labute approximate surface area is 248 Å². The predicted octanol–water partition coefficient (Wildman–Crippen LogP) is 7.35. The number of amides is 1. The standard InChI is InChI=1S/C35H44N4O3/c1-5-36(4)22-28-25-15-11-16-27-31(25)39(33(28)34(40)37(6-2)7-3)20-12-19-38-29-21-24(35(41)42)17-18-26(29)30(32(27)38)23-13-9-8-10-14-23/h11,15-18,21,23H,5-10,12-14,19-20,22H2,1-4H3,(H,41,42). The van der Waals surface area contributed by atoms with Gasteiger partial charge in [-0.2, -0.15) is 0 Å². The third kappa shape index (κ3) is 4.62. The molecule has 2 aromatic carbocycles. The molecule has 0 saturated heterocycles. The van der Waals surface area contributed by atoms with Crippen molar-refractivity contribution in [2.24, 2.45) is 0 Å². The first kappa shape index (κ1) is 28.5. The van der Waals surface area contributed by atoms with Crippen molar-refractivity contribution in [2.45, 2.75) is 84.8 Å². The molecule has 2 aliphatic rings. The van der Waals surface area contributed by atoms with Crippen molar-refractivity contribution < 1.29 is 14.7 Å². The van der Waals surface area contributed by atoms with Gasteiger partial charge in [-0.3, -0.25) is 4.79 Å². The molecule has 1 aliphatic carbocycles. The lowest BCUT2D eigenvalue weighted by atomic mass is 9.81. The molecule has 1 saturated carbocycles. The van der Waals surface area contributed by atoms with Crippen molar-refractivity contribution in [2.75, 3.05) is 26.7 Å². The van der Waals surface area contributed by atoms with E-state index < -0.39 is 5.97 Å². The average molecular weight is 569 g/mol. The summed E-state index contributed by atoms with van der Waals surface area (Å²) in [7, 11) is 2.12. The number of rotatable bonds is 8. The highest BCUT2D eigenvalue weighted by Crippen LogP contribution is 2.47. The summed E-state index contributed by atoms with van der Waals surface area (Å²) in [4.78, 5) is 30.5. The Morgan fingerprint density at radius 2 is 1.64 bits per heavy atom. The van der Waals surface area contributed by atoms with Gasteiger partial charge in [-0.05, 0) is 70.3 Å². The number of benzene rings is 2. The van der Waals surface area contributed by atoms with E-state index in [4.69, 9.17) is 0 Å². The van der Waals surface area contributed by atoms with Crippen LogP contribution in [0.25, 0.3) is 33.1 Å². The number of nitrogens with zero attached hydrogens (tertiary/aromatic N) is 4. The van der Waals surface area contributed by atoms with Gasteiger partial charge in [0.05, 0.1) is 16.8 Å². The Bertz CT molecular complexity index is 1650. The lowest BCUT2D eigenvalue weighted by molar-refractivity contribution is 0.0695. The molecule has 1 N–H and O–H groups in total. The second-order valence-corrected chi connectivity index (χ2v) is 12.1. The first-order chi connectivity index (χ1) is 20.4. The summed E-state index contributed by atoms with van der Waals surface area (Å²) in [5.74, 6) is -0.340. The topological polar surface area (TPSA) is 70.7 Å². The maximum Gasteiger partial charge on any atom is 0.335 e. The Morgan fingerprint density at radius 3 is 2.33 bits per heavy atom. The summed E-state index contributed by atoms with van der Waals surface area (Å²) in [5, 5.41) is 12.2. The summed E-state index contributed by atoms with van der Waals surface area (Å²) in [5.41, 5.74) is 8.20. The van der Waals surface area contributed by atoms with Crippen LogP contribution in [-0.2, 0) is 19.6 Å². The number of hydrogen-bond acceptors (Lipinski definition) is 3. The zero-order chi connectivity index (χ0) is 29.5. The first-order valence-electron chi connectivity index (χ1n) is 15.9. The van der Waals surface area contributed by atoms with E-state index in [2.05, 4.69) is 66.1 Å². The van der Waals surface area contributed by atoms with Crippen molar-refractivity contribution in [3.8, 4) is 11.3 Å². The van der Waals surface area contributed by atoms with Gasteiger partial charge in [0.2, 0.25) is 0 Å². The fourth-order valence-electron chi connectivity index (χ4n) is 7.57. The zero-order valence-electron chi connectivity index (χ0n) is 25.6. The number of aromatic carboxylic acids is 1. The second kappa shape index (κ2) is 11.6. The number of carbonyl (C=O) groups is 2. The lowest BCUT2D eigenvalue weighted by Crippen LogP contribution is -2.33. The number of carbonyl (C=O) groups excluding carboxylic acids is 1. The van der Waals surface area contributed by atoms with E-state index in [0.717, 1.165) is 66.6 Å². The van der Waals surface area contributed by atoms with E-state index in [1.165, 1.54) is 41.5 Å². The highest BCUT2D eigenvalue weighted by molar-refractivity contribution is 6.08. The Morgan fingerprint density at radius 1 is 0.905 bits per heavy atom. The molecule has 1 amide bonds. The number of aryl methyl sites for hydroxylation is 2. The van der Waals surface area contributed by atoms with Crippen molar-refractivity contribution in [1.82, 2.24) is 18.9 Å². The minimum absolute atomic E-state index is 0.112. The Hall–Kier alpha value is -3.58. The fourth-order valence-corrected chi connectivity index (χ4v) is 7.57. The lowest BCUT2D eigenvalue weighted by Gasteiger charge is -2.26. The molecule has 7 nitrogen and oxygen atoms in total. The average Bonchev–Trinajstić information content (AvgIpc) is 3.48. The van der Waals surface area contributed by atoms with E-state index in [-0.39, 0.29) is 5.91 Å². The molecule has 1 aliphatic heterocycles. The molecule has 222 valence electrons. The molecule has 4 aromatic rings. The molecule has 0 radical (unpaired) electrons. The van der Waals surface area contributed by atoms with E-state index in [0.29, 0.717) is 31.1 Å². The highest BCUT2D eigenvalue weighted by Gasteiger charge is 2.32. The normalized spacial score (nSPS) is 15.6. The highest BCUT2D eigenvalue weighted by atomic mass is 16.4. The van der Waals surface area contributed by atoms with Crippen LogP contribution in [0.1, 0.15) is 97.2 Å². The van der Waals surface area contributed by atoms with Gasteiger partial charge < -0.3 is 24.0 Å². The van der Waals surface area contributed by atoms with E-state index >= 15 is 0 Å². The van der Waals surface area contributed by atoms with Gasteiger partial charge >= 0.3 is 5.97 Å². The molecular weight excluding hydrogens is 524 g/mol. The van der Waals surface area contributed by atoms with Crippen molar-refractivity contribution in [1.29, 1.82) is 0 Å². The minimum Gasteiger partial charge on any atom is -0.478 e. The third-order valence-electron chi connectivity index (χ3n) is 9.79. The molecule has 0 atom stereocenters. The summed E-state index contributed by atoms with van der Waals surface area (Å²) in [6.45, 7) is 10.8. The van der Waals surface area contributed by atoms with E-state index in [1.807, 2.05) is 11.0 Å². The monoisotopic (exact) mass is 568 g/mol. The second-order valence-electron chi connectivity index (χ2n) is 12.1. The number of carboxylic acids is 1. The number of para-hydroxylation sites is 1. The van der Waals surface area contributed by atoms with Gasteiger partial charge in [0.15, 0.2) is 0 Å². The Kier molecular flexibility index (Phi) is 7.88. The molecule has 7 heteroatoms. The molecule has 6 rings (SSSR count). The van der Waals surface area contributed by atoms with Crippen LogP contribution >= 0.6 is 0 Å². The van der Waals surface area contributed by atoms with Gasteiger partial charge in [0.1, 0.15) is 5.69 Å². The zero-order valence-corrected chi connectivity index (χ0v) is 25.6. The number of carboxylic acid groups (broad SMARTS) is 1. The van der Waals surface area contributed by atoms with Crippen molar-refractivity contribution in [3.05, 3.63) is 58.8 Å². The summed E-state index contributed by atoms with van der Waals surface area (Å²) < 4.78 is 4.74. The van der Waals surface area contributed by atoms with Crippen LogP contribution in [0.2, 0.25) is 0 Å². The minimum atomic E-state index is -0.891. The largest absolute Gasteiger partial charge is 0.478 e. The van der Waals surface area contributed by atoms with Crippen LogP contribution in [-0.4, -0.2) is 62.6 Å². The molecule has 1 fully saturated rings. The van der Waals surface area contributed by atoms with E-state index in [9.17, 15) is 14.7 Å². The van der Waals surface area contributed by atoms with Crippen LogP contribution in [0.15, 0.2) is 36.4 Å². The van der Waals surface area contributed by atoms with Crippen molar-refractivity contribution >= 4 is 33.7 Å². The van der Waals surface area contributed by atoms with Crippen LogP contribution in [0.3, 0.4) is 0 Å². The van der Waals surface area contributed by atoms with Gasteiger partial charge in [-0.1, -0.05) is 50.5 Å². The predicted molar refractivity (Wildman–Crippen MR) is 170 cm³/mol. The first-order valence-corrected chi connectivity index (χ1v) is 15.9. The summed E-state index contributed by atoms with van der Waals surface area (Å²) >= 11 is 0. The number of aromatic nitrogens is 2. The van der Waals surface area contributed by atoms with Gasteiger partial charge in [-0.15, -0.1) is 0 Å². The smallest absolute Gasteiger partial charge is 0.335 e. The molecule has 3 heterocycles. The molecule has 42 heavy (non-hydrogen) atoms. The Balaban J connectivity index is 1.71. The van der Waals surface area contributed by atoms with Gasteiger partial charge in [0, 0.05) is 60.1 Å². The van der Waals surface area contributed by atoms with Crippen LogP contribution in [0.5, 0.6) is 0 Å². The van der Waals surface area contributed by atoms with Crippen LogP contribution in [0.4, 0.5) is 0 Å². The quantitative estimate of drug-likeness (QED) is 0.241. The summed E-state index contributed by atoms with van der Waals surface area (Å²) in [6, 6.07) is 12.3. The maximum atomic E-state index is 14.2. The number of hydrogen-bond donors (Lipinski definition) is 1. The van der Waals surface area contributed by atoms with Gasteiger partial charge in [0.25, 0.3) is 5.91 Å². The van der Waals surface area contributed by atoms with Crippen LogP contribution in [0, 0.1) is 0 Å². The molecule has 0 bridgehead atoms. The fraction of sp³-hybridized carbons (Fsp3) is 0.486. The molecule has 0 unspecified atom stereocenters. The third-order valence-corrected chi connectivity index (χ3v) is 9.79. The summed E-state index contributed by atoms with van der Waals surface area (Å²) in [6.07, 6.45) is 6.89. The van der Waals surface area contributed by atoms with Gasteiger partial charge in [-0.25, -0.2) is 4.79 Å². The molecule has 2 aromatic heterocycles.